The molecule has 1 N–H and O–H groups in total. The fourth-order valence-corrected chi connectivity index (χ4v) is 4.08. The monoisotopic (exact) mass is 294 g/mol. The third-order valence-electron chi connectivity index (χ3n) is 5.29. The first-order valence-electron chi connectivity index (χ1n) is 8.60. The molecule has 0 aromatic carbocycles. The summed E-state index contributed by atoms with van der Waals surface area (Å²) in [5.41, 5.74) is -0.625. The summed E-state index contributed by atoms with van der Waals surface area (Å²) in [7, 11) is 0. The van der Waals surface area contributed by atoms with E-state index in [2.05, 4.69) is 19.2 Å². The minimum absolute atomic E-state index is 0.0599. The fourth-order valence-electron chi connectivity index (χ4n) is 4.08. The second-order valence-electron chi connectivity index (χ2n) is 7.04. The highest BCUT2D eigenvalue weighted by Crippen LogP contribution is 2.37. The van der Waals surface area contributed by atoms with E-state index < -0.39 is 5.54 Å². The van der Waals surface area contributed by atoms with Gasteiger partial charge in [-0.25, -0.2) is 0 Å². The molecule has 0 bridgehead atoms. The molecule has 2 amide bonds. The van der Waals surface area contributed by atoms with Crippen molar-refractivity contribution in [3.63, 3.8) is 0 Å². The number of carbonyl (C=O) groups is 2. The van der Waals surface area contributed by atoms with E-state index in [1.165, 1.54) is 12.8 Å². The largest absolute Gasteiger partial charge is 0.342 e. The SMILES string of the molecule is CCC1(CC)C(=O)NC(CC(C)C)C(=O)N1C1CCCC1. The van der Waals surface area contributed by atoms with E-state index >= 15 is 0 Å². The van der Waals surface area contributed by atoms with Crippen LogP contribution in [0.3, 0.4) is 0 Å². The van der Waals surface area contributed by atoms with E-state index in [9.17, 15) is 9.59 Å². The maximum absolute atomic E-state index is 13.0. The van der Waals surface area contributed by atoms with Crippen molar-refractivity contribution in [2.75, 3.05) is 0 Å². The lowest BCUT2D eigenvalue weighted by atomic mass is 9.83. The van der Waals surface area contributed by atoms with Gasteiger partial charge in [-0.3, -0.25) is 9.59 Å². The minimum atomic E-state index is -0.625. The zero-order valence-corrected chi connectivity index (χ0v) is 13.9. The van der Waals surface area contributed by atoms with E-state index in [1.807, 2.05) is 18.7 Å². The van der Waals surface area contributed by atoms with Crippen LogP contribution in [0, 0.1) is 5.92 Å². The Bertz CT molecular complexity index is 396. The zero-order valence-electron chi connectivity index (χ0n) is 13.9. The average molecular weight is 294 g/mol. The van der Waals surface area contributed by atoms with Gasteiger partial charge in [0.15, 0.2) is 0 Å². The van der Waals surface area contributed by atoms with E-state index in [0.29, 0.717) is 18.8 Å². The highest BCUT2D eigenvalue weighted by Gasteiger charge is 2.52. The number of nitrogens with one attached hydrogen (secondary N) is 1. The predicted molar refractivity (Wildman–Crippen MR) is 83.8 cm³/mol. The van der Waals surface area contributed by atoms with Gasteiger partial charge in [0.25, 0.3) is 0 Å². The minimum Gasteiger partial charge on any atom is -0.342 e. The molecule has 1 aliphatic heterocycles. The third-order valence-corrected chi connectivity index (χ3v) is 5.29. The van der Waals surface area contributed by atoms with Crippen LogP contribution in [0.15, 0.2) is 0 Å². The Morgan fingerprint density at radius 3 is 2.24 bits per heavy atom. The zero-order chi connectivity index (χ0) is 15.6. The molecule has 1 unspecified atom stereocenters. The number of amides is 2. The number of nitrogens with zero attached hydrogens (tertiary/aromatic N) is 1. The quantitative estimate of drug-likeness (QED) is 0.847. The van der Waals surface area contributed by atoms with Crippen LogP contribution in [0.4, 0.5) is 0 Å². The Morgan fingerprint density at radius 2 is 1.76 bits per heavy atom. The Morgan fingerprint density at radius 1 is 1.19 bits per heavy atom. The van der Waals surface area contributed by atoms with Crippen molar-refractivity contribution >= 4 is 11.8 Å². The number of hydrogen-bond donors (Lipinski definition) is 1. The first-order valence-corrected chi connectivity index (χ1v) is 8.60. The molecule has 2 fully saturated rings. The summed E-state index contributed by atoms with van der Waals surface area (Å²) in [4.78, 5) is 27.8. The Balaban J connectivity index is 2.34. The molecule has 21 heavy (non-hydrogen) atoms. The number of piperazine rings is 1. The molecule has 2 aliphatic rings. The number of carbonyl (C=O) groups excluding carboxylic acids is 2. The van der Waals surface area contributed by atoms with Crippen molar-refractivity contribution in [3.05, 3.63) is 0 Å². The molecule has 2 rings (SSSR count). The maximum Gasteiger partial charge on any atom is 0.246 e. The molecule has 1 saturated carbocycles. The second kappa shape index (κ2) is 6.37. The van der Waals surface area contributed by atoms with Gasteiger partial charge in [-0.15, -0.1) is 0 Å². The van der Waals surface area contributed by atoms with Gasteiger partial charge < -0.3 is 10.2 Å². The summed E-state index contributed by atoms with van der Waals surface area (Å²) < 4.78 is 0. The van der Waals surface area contributed by atoms with Crippen LogP contribution in [-0.4, -0.2) is 34.3 Å². The topological polar surface area (TPSA) is 49.4 Å². The van der Waals surface area contributed by atoms with Gasteiger partial charge in [0.1, 0.15) is 11.6 Å². The summed E-state index contributed by atoms with van der Waals surface area (Å²) in [5, 5.41) is 3.01. The molecule has 1 atom stereocenters. The molecule has 4 heteroatoms. The van der Waals surface area contributed by atoms with Crippen LogP contribution < -0.4 is 5.32 Å². The maximum atomic E-state index is 13.0. The Kier molecular flexibility index (Phi) is 4.95. The van der Waals surface area contributed by atoms with Crippen LogP contribution >= 0.6 is 0 Å². The van der Waals surface area contributed by atoms with E-state index in [0.717, 1.165) is 19.3 Å². The van der Waals surface area contributed by atoms with Crippen molar-refractivity contribution in [1.82, 2.24) is 10.2 Å². The molecule has 120 valence electrons. The lowest BCUT2D eigenvalue weighted by Gasteiger charge is -2.50. The van der Waals surface area contributed by atoms with E-state index in [-0.39, 0.29) is 23.9 Å². The number of rotatable bonds is 5. The molecule has 1 aliphatic carbocycles. The lowest BCUT2D eigenvalue weighted by Crippen LogP contribution is -2.72. The van der Waals surface area contributed by atoms with Gasteiger partial charge in [0, 0.05) is 6.04 Å². The normalized spacial score (nSPS) is 26.5. The Hall–Kier alpha value is -1.06. The average Bonchev–Trinajstić information content (AvgIpc) is 2.95. The standard InChI is InChI=1S/C17H30N2O2/c1-5-17(6-2)16(21)18-14(11-12(3)4)15(20)19(17)13-9-7-8-10-13/h12-14H,5-11H2,1-4H3,(H,18,21). The van der Waals surface area contributed by atoms with Gasteiger partial charge in [0.05, 0.1) is 0 Å². The molecular weight excluding hydrogens is 264 g/mol. The van der Waals surface area contributed by atoms with E-state index in [4.69, 9.17) is 0 Å². The predicted octanol–water partition coefficient (Wildman–Crippen LogP) is 2.86. The van der Waals surface area contributed by atoms with Crippen molar-refractivity contribution in [2.24, 2.45) is 5.92 Å². The number of hydrogen-bond acceptors (Lipinski definition) is 2. The van der Waals surface area contributed by atoms with Crippen LogP contribution in [-0.2, 0) is 9.59 Å². The van der Waals surface area contributed by atoms with Gasteiger partial charge in [-0.2, -0.15) is 0 Å². The first kappa shape index (κ1) is 16.3. The van der Waals surface area contributed by atoms with E-state index in [1.54, 1.807) is 0 Å². The summed E-state index contributed by atoms with van der Waals surface area (Å²) in [6, 6.07) is -0.0672. The van der Waals surface area contributed by atoms with Crippen LogP contribution in [0.2, 0.25) is 0 Å². The fraction of sp³-hybridized carbons (Fsp3) is 0.882. The lowest BCUT2D eigenvalue weighted by molar-refractivity contribution is -0.162. The highest BCUT2D eigenvalue weighted by molar-refractivity contribution is 6.00. The van der Waals surface area contributed by atoms with Crippen molar-refractivity contribution < 1.29 is 9.59 Å². The van der Waals surface area contributed by atoms with Crippen LogP contribution in [0.25, 0.3) is 0 Å². The molecule has 0 spiro atoms. The first-order chi connectivity index (χ1) is 9.96. The van der Waals surface area contributed by atoms with Crippen molar-refractivity contribution in [2.45, 2.75) is 90.3 Å². The van der Waals surface area contributed by atoms with Crippen molar-refractivity contribution in [3.8, 4) is 0 Å². The summed E-state index contributed by atoms with van der Waals surface area (Å²) in [5.74, 6) is 0.615. The summed E-state index contributed by atoms with van der Waals surface area (Å²) in [6.07, 6.45) is 6.59. The van der Waals surface area contributed by atoms with Crippen molar-refractivity contribution in [1.29, 1.82) is 0 Å². The van der Waals surface area contributed by atoms with Gasteiger partial charge in [-0.1, -0.05) is 40.5 Å². The highest BCUT2D eigenvalue weighted by atomic mass is 16.2. The molecule has 0 aromatic heterocycles. The molecule has 1 saturated heterocycles. The molecule has 1 heterocycles. The van der Waals surface area contributed by atoms with Gasteiger partial charge in [-0.05, 0) is 38.0 Å². The van der Waals surface area contributed by atoms with Gasteiger partial charge >= 0.3 is 0 Å². The molecule has 4 nitrogen and oxygen atoms in total. The smallest absolute Gasteiger partial charge is 0.246 e. The molecular formula is C17H30N2O2. The second-order valence-corrected chi connectivity index (χ2v) is 7.04. The Labute approximate surface area is 128 Å². The van der Waals surface area contributed by atoms with Crippen LogP contribution in [0.5, 0.6) is 0 Å². The third kappa shape index (κ3) is 2.82. The summed E-state index contributed by atoms with van der Waals surface area (Å²) >= 11 is 0. The van der Waals surface area contributed by atoms with Crippen LogP contribution in [0.1, 0.15) is 72.6 Å². The molecule has 0 radical (unpaired) electrons. The molecule has 0 aromatic rings. The van der Waals surface area contributed by atoms with Gasteiger partial charge in [0.2, 0.25) is 11.8 Å². The summed E-state index contributed by atoms with van der Waals surface area (Å²) in [6.45, 7) is 8.25.